The monoisotopic (exact) mass is 444 g/mol. The summed E-state index contributed by atoms with van der Waals surface area (Å²) in [5.41, 5.74) is 1.12. The molecule has 1 aromatic rings. The number of rotatable bonds is 7. The molecule has 0 N–H and O–H groups in total. The van der Waals surface area contributed by atoms with Crippen molar-refractivity contribution in [3.63, 3.8) is 0 Å². The Morgan fingerprint density at radius 2 is 1.90 bits per heavy atom. The maximum atomic E-state index is 13.3. The van der Waals surface area contributed by atoms with Gasteiger partial charge in [-0.15, -0.1) is 0 Å². The third-order valence-corrected chi connectivity index (χ3v) is 6.55. The fraction of sp³-hybridized carbons (Fsp3) is 0.600. The van der Waals surface area contributed by atoms with Crippen LogP contribution in [0.1, 0.15) is 38.7 Å². The van der Waals surface area contributed by atoms with Crippen LogP contribution in [0.5, 0.6) is 0 Å². The zero-order valence-corrected chi connectivity index (χ0v) is 18.9. The number of esters is 1. The Morgan fingerprint density at radius 1 is 1.28 bits per heavy atom. The highest BCUT2D eigenvalue weighted by Crippen LogP contribution is 2.30. The highest BCUT2D eigenvalue weighted by molar-refractivity contribution is 7.92. The molecule has 1 heterocycles. The fourth-order valence-corrected chi connectivity index (χ4v) is 5.07. The van der Waals surface area contributed by atoms with Gasteiger partial charge in [0.2, 0.25) is 15.9 Å². The number of nitrogens with zero attached hydrogens (tertiary/aromatic N) is 2. The smallest absolute Gasteiger partial charge is 0.309 e. The largest absolute Gasteiger partial charge is 0.466 e. The fourth-order valence-electron chi connectivity index (χ4n) is 3.64. The maximum Gasteiger partial charge on any atom is 0.309 e. The standard InChI is InChI=1S/C20H29ClN2O5S/c1-5-17(19(24)22-11-9-15(10-12-22)20(25)28-6-2)23(29(4,26)27)18-13-16(21)8-7-14(18)3/h7-8,13,15,17H,5-6,9-12H2,1-4H3. The van der Waals surface area contributed by atoms with Crippen molar-refractivity contribution in [2.45, 2.75) is 46.1 Å². The van der Waals surface area contributed by atoms with Crippen molar-refractivity contribution in [2.24, 2.45) is 5.92 Å². The first-order valence-electron chi connectivity index (χ1n) is 9.81. The van der Waals surface area contributed by atoms with Crippen molar-refractivity contribution in [2.75, 3.05) is 30.3 Å². The molecule has 1 aromatic carbocycles. The highest BCUT2D eigenvalue weighted by Gasteiger charge is 2.37. The molecule has 1 amide bonds. The van der Waals surface area contributed by atoms with E-state index in [4.69, 9.17) is 16.3 Å². The van der Waals surface area contributed by atoms with E-state index in [2.05, 4.69) is 0 Å². The zero-order valence-electron chi connectivity index (χ0n) is 17.4. The van der Waals surface area contributed by atoms with Gasteiger partial charge in [0.25, 0.3) is 0 Å². The molecule has 29 heavy (non-hydrogen) atoms. The minimum atomic E-state index is -3.73. The second kappa shape index (κ2) is 9.80. The van der Waals surface area contributed by atoms with Crippen LogP contribution in [0.25, 0.3) is 0 Å². The van der Waals surface area contributed by atoms with E-state index in [9.17, 15) is 18.0 Å². The number of carbonyl (C=O) groups excluding carboxylic acids is 2. The van der Waals surface area contributed by atoms with Gasteiger partial charge in [0.05, 0.1) is 24.5 Å². The predicted molar refractivity (Wildman–Crippen MR) is 114 cm³/mol. The first kappa shape index (κ1) is 23.5. The Morgan fingerprint density at radius 3 is 2.41 bits per heavy atom. The van der Waals surface area contributed by atoms with E-state index >= 15 is 0 Å². The van der Waals surface area contributed by atoms with Gasteiger partial charge in [-0.1, -0.05) is 24.6 Å². The van der Waals surface area contributed by atoms with Crippen LogP contribution >= 0.6 is 11.6 Å². The summed E-state index contributed by atoms with van der Waals surface area (Å²) in [5.74, 6) is -0.723. The maximum absolute atomic E-state index is 13.3. The number of halogens is 1. The van der Waals surface area contributed by atoms with Crippen LogP contribution in [0.15, 0.2) is 18.2 Å². The quantitative estimate of drug-likeness (QED) is 0.603. The molecule has 0 radical (unpaired) electrons. The minimum Gasteiger partial charge on any atom is -0.466 e. The lowest BCUT2D eigenvalue weighted by Crippen LogP contribution is -2.53. The number of sulfonamides is 1. The Labute approximate surface area is 178 Å². The molecule has 162 valence electrons. The van der Waals surface area contributed by atoms with Crippen molar-refractivity contribution in [3.8, 4) is 0 Å². The summed E-state index contributed by atoms with van der Waals surface area (Å²) in [6.07, 6.45) is 2.43. The Kier molecular flexibility index (Phi) is 7.94. The molecule has 1 unspecified atom stereocenters. The average Bonchev–Trinajstić information content (AvgIpc) is 2.67. The van der Waals surface area contributed by atoms with Crippen LogP contribution in [-0.2, 0) is 24.3 Å². The van der Waals surface area contributed by atoms with Crippen LogP contribution < -0.4 is 4.31 Å². The molecule has 1 aliphatic rings. The molecule has 0 bridgehead atoms. The molecule has 0 saturated carbocycles. The number of likely N-dealkylation sites (tertiary alicyclic amines) is 1. The number of amides is 1. The lowest BCUT2D eigenvalue weighted by molar-refractivity contribution is -0.151. The summed E-state index contributed by atoms with van der Waals surface area (Å²) in [6.45, 7) is 6.45. The number of benzene rings is 1. The van der Waals surface area contributed by atoms with Crippen LogP contribution in [0.2, 0.25) is 5.02 Å². The summed E-state index contributed by atoms with van der Waals surface area (Å²) in [7, 11) is -3.73. The van der Waals surface area contributed by atoms with E-state index in [-0.39, 0.29) is 17.8 Å². The molecule has 1 aliphatic heterocycles. The number of anilines is 1. The van der Waals surface area contributed by atoms with E-state index in [1.807, 2.05) is 0 Å². The molecule has 1 atom stereocenters. The first-order chi connectivity index (χ1) is 13.6. The molecule has 1 saturated heterocycles. The zero-order chi connectivity index (χ0) is 21.8. The molecule has 0 spiro atoms. The van der Waals surface area contributed by atoms with Crippen molar-refractivity contribution in [1.82, 2.24) is 4.90 Å². The van der Waals surface area contributed by atoms with E-state index in [0.717, 1.165) is 6.26 Å². The molecular weight excluding hydrogens is 416 g/mol. The summed E-state index contributed by atoms with van der Waals surface area (Å²) in [4.78, 5) is 26.8. The second-order valence-electron chi connectivity index (χ2n) is 7.27. The highest BCUT2D eigenvalue weighted by atomic mass is 35.5. The van der Waals surface area contributed by atoms with Crippen LogP contribution in [0.3, 0.4) is 0 Å². The van der Waals surface area contributed by atoms with Gasteiger partial charge in [-0.25, -0.2) is 8.42 Å². The predicted octanol–water partition coefficient (Wildman–Crippen LogP) is 2.99. The normalized spacial score (nSPS) is 16.4. The molecule has 1 fully saturated rings. The number of aryl methyl sites for hydroxylation is 1. The Bertz CT molecular complexity index is 850. The SMILES string of the molecule is CCOC(=O)C1CCN(C(=O)C(CC)N(c2cc(Cl)ccc2C)S(C)(=O)=O)CC1. The van der Waals surface area contributed by atoms with Gasteiger partial charge in [-0.05, 0) is 50.8 Å². The van der Waals surface area contributed by atoms with Gasteiger partial charge >= 0.3 is 5.97 Å². The summed E-state index contributed by atoms with van der Waals surface area (Å²) >= 11 is 6.10. The molecular formula is C20H29ClN2O5S. The number of hydrogen-bond donors (Lipinski definition) is 0. The van der Waals surface area contributed by atoms with E-state index in [1.54, 1.807) is 43.9 Å². The molecule has 0 aliphatic carbocycles. The molecule has 2 rings (SSSR count). The first-order valence-corrected chi connectivity index (χ1v) is 12.0. The van der Waals surface area contributed by atoms with E-state index in [1.165, 1.54) is 4.31 Å². The third kappa shape index (κ3) is 5.63. The molecule has 0 aromatic heterocycles. The van der Waals surface area contributed by atoms with Crippen LogP contribution in [0, 0.1) is 12.8 Å². The number of carbonyl (C=O) groups is 2. The van der Waals surface area contributed by atoms with Crippen molar-refractivity contribution >= 4 is 39.2 Å². The minimum absolute atomic E-state index is 0.222. The number of hydrogen-bond acceptors (Lipinski definition) is 5. The Balaban J connectivity index is 2.26. The van der Waals surface area contributed by atoms with Gasteiger partial charge in [0.15, 0.2) is 0 Å². The van der Waals surface area contributed by atoms with E-state index < -0.39 is 16.1 Å². The van der Waals surface area contributed by atoms with Gasteiger partial charge in [-0.3, -0.25) is 13.9 Å². The number of ether oxygens (including phenoxy) is 1. The second-order valence-corrected chi connectivity index (χ2v) is 9.56. The van der Waals surface area contributed by atoms with E-state index in [0.29, 0.717) is 55.2 Å². The van der Waals surface area contributed by atoms with Gasteiger partial charge in [0.1, 0.15) is 6.04 Å². The molecule has 9 heteroatoms. The van der Waals surface area contributed by atoms with Gasteiger partial charge in [0, 0.05) is 18.1 Å². The summed E-state index contributed by atoms with van der Waals surface area (Å²) < 4.78 is 31.5. The molecule has 7 nitrogen and oxygen atoms in total. The van der Waals surface area contributed by atoms with Gasteiger partial charge in [-0.2, -0.15) is 0 Å². The topological polar surface area (TPSA) is 84.0 Å². The lowest BCUT2D eigenvalue weighted by atomic mass is 9.96. The van der Waals surface area contributed by atoms with Crippen LogP contribution in [-0.4, -0.2) is 57.2 Å². The lowest BCUT2D eigenvalue weighted by Gasteiger charge is -2.37. The Hall–Kier alpha value is -1.80. The third-order valence-electron chi connectivity index (χ3n) is 5.15. The summed E-state index contributed by atoms with van der Waals surface area (Å²) in [6, 6.07) is 4.11. The van der Waals surface area contributed by atoms with Crippen molar-refractivity contribution in [3.05, 3.63) is 28.8 Å². The van der Waals surface area contributed by atoms with Crippen molar-refractivity contribution < 1.29 is 22.7 Å². The number of piperidine rings is 1. The summed E-state index contributed by atoms with van der Waals surface area (Å²) in [5, 5.41) is 0.400. The van der Waals surface area contributed by atoms with Crippen LogP contribution in [0.4, 0.5) is 5.69 Å². The van der Waals surface area contributed by atoms with Crippen molar-refractivity contribution in [1.29, 1.82) is 0 Å². The van der Waals surface area contributed by atoms with Gasteiger partial charge < -0.3 is 9.64 Å². The average molecular weight is 445 g/mol.